The largest absolute Gasteiger partial charge is 0.416 e. The number of aromatic nitrogens is 2. The van der Waals surface area contributed by atoms with Gasteiger partial charge in [0.15, 0.2) is 0 Å². The molecule has 0 N–H and O–H groups in total. The van der Waals surface area contributed by atoms with Crippen LogP contribution in [0, 0.1) is 6.92 Å². The Morgan fingerprint density at radius 3 is 2.11 bits per heavy atom. The molecule has 4 aromatic rings. The van der Waals surface area contributed by atoms with Crippen LogP contribution in [0.2, 0.25) is 0 Å². The minimum atomic E-state index is -3.56. The van der Waals surface area contributed by atoms with Gasteiger partial charge in [-0.15, -0.1) is 10.2 Å². The highest BCUT2D eigenvalue weighted by Gasteiger charge is 2.30. The standard InChI is InChI=1S/C26H24N4O4S/c1-19-6-5-7-22(18-19)25-28-27-24(34-25)20-10-12-21(13-11-20)26(31)29-14-16-30(17-15-29)35(32,33)23-8-3-2-4-9-23/h2-13,18H,14-17H2,1H3. The molecule has 1 fully saturated rings. The maximum Gasteiger partial charge on any atom is 0.253 e. The van der Waals surface area contributed by atoms with Crippen molar-refractivity contribution in [2.45, 2.75) is 11.8 Å². The quantitative estimate of drug-likeness (QED) is 0.423. The maximum atomic E-state index is 13.0. The summed E-state index contributed by atoms with van der Waals surface area (Å²) in [5.41, 5.74) is 3.19. The fraction of sp³-hybridized carbons (Fsp3) is 0.192. The fourth-order valence-electron chi connectivity index (χ4n) is 4.05. The van der Waals surface area contributed by atoms with Crippen LogP contribution in [0.5, 0.6) is 0 Å². The zero-order valence-electron chi connectivity index (χ0n) is 19.2. The first-order valence-electron chi connectivity index (χ1n) is 11.3. The topological polar surface area (TPSA) is 96.6 Å². The van der Waals surface area contributed by atoms with Gasteiger partial charge in [0.25, 0.3) is 5.91 Å². The molecule has 1 aliphatic heterocycles. The van der Waals surface area contributed by atoms with Gasteiger partial charge in [0.2, 0.25) is 21.8 Å². The lowest BCUT2D eigenvalue weighted by molar-refractivity contribution is 0.0698. The van der Waals surface area contributed by atoms with Crippen LogP contribution in [-0.2, 0) is 10.0 Å². The van der Waals surface area contributed by atoms with Gasteiger partial charge in [-0.3, -0.25) is 4.79 Å². The van der Waals surface area contributed by atoms with E-state index in [9.17, 15) is 13.2 Å². The number of benzene rings is 3. The summed E-state index contributed by atoms with van der Waals surface area (Å²) in [5, 5.41) is 8.28. The minimum Gasteiger partial charge on any atom is -0.416 e. The van der Waals surface area contributed by atoms with Crippen LogP contribution in [0.1, 0.15) is 15.9 Å². The molecule has 0 saturated carbocycles. The van der Waals surface area contributed by atoms with Crippen molar-refractivity contribution in [3.63, 3.8) is 0 Å². The van der Waals surface area contributed by atoms with Crippen LogP contribution >= 0.6 is 0 Å². The number of aryl methyl sites for hydroxylation is 1. The van der Waals surface area contributed by atoms with E-state index in [0.717, 1.165) is 11.1 Å². The van der Waals surface area contributed by atoms with E-state index in [2.05, 4.69) is 10.2 Å². The number of carbonyl (C=O) groups is 1. The zero-order chi connectivity index (χ0) is 24.4. The molecule has 0 bridgehead atoms. The molecule has 9 heteroatoms. The van der Waals surface area contributed by atoms with Gasteiger partial charge in [-0.1, -0.05) is 35.9 Å². The van der Waals surface area contributed by atoms with E-state index in [1.54, 1.807) is 59.5 Å². The van der Waals surface area contributed by atoms with Crippen LogP contribution in [0.25, 0.3) is 22.9 Å². The van der Waals surface area contributed by atoms with E-state index in [4.69, 9.17) is 4.42 Å². The van der Waals surface area contributed by atoms with Crippen molar-refractivity contribution in [3.8, 4) is 22.9 Å². The van der Waals surface area contributed by atoms with Crippen LogP contribution in [0.15, 0.2) is 88.2 Å². The lowest BCUT2D eigenvalue weighted by atomic mass is 10.1. The second-order valence-corrected chi connectivity index (χ2v) is 10.3. The summed E-state index contributed by atoms with van der Waals surface area (Å²) in [6.07, 6.45) is 0. The summed E-state index contributed by atoms with van der Waals surface area (Å²) in [5.74, 6) is 0.673. The zero-order valence-corrected chi connectivity index (χ0v) is 20.0. The summed E-state index contributed by atoms with van der Waals surface area (Å²) in [7, 11) is -3.56. The Kier molecular flexibility index (Phi) is 6.19. The summed E-state index contributed by atoms with van der Waals surface area (Å²) in [6, 6.07) is 23.2. The predicted octanol–water partition coefficient (Wildman–Crippen LogP) is 3.86. The molecular formula is C26H24N4O4S. The van der Waals surface area contributed by atoms with Gasteiger partial charge in [0.1, 0.15) is 0 Å². The average molecular weight is 489 g/mol. The number of carbonyl (C=O) groups excluding carboxylic acids is 1. The Morgan fingerprint density at radius 1 is 0.800 bits per heavy atom. The molecule has 0 radical (unpaired) electrons. The van der Waals surface area contributed by atoms with Crippen molar-refractivity contribution in [2.75, 3.05) is 26.2 Å². The number of rotatable bonds is 5. The molecule has 1 saturated heterocycles. The van der Waals surface area contributed by atoms with Gasteiger partial charge in [-0.05, 0) is 55.5 Å². The smallest absolute Gasteiger partial charge is 0.253 e. The summed E-state index contributed by atoms with van der Waals surface area (Å²) in [4.78, 5) is 14.9. The van der Waals surface area contributed by atoms with E-state index in [-0.39, 0.29) is 23.9 Å². The van der Waals surface area contributed by atoms with Crippen LogP contribution < -0.4 is 0 Å². The average Bonchev–Trinajstić information content (AvgIpc) is 3.39. The summed E-state index contributed by atoms with van der Waals surface area (Å²) >= 11 is 0. The molecular weight excluding hydrogens is 464 g/mol. The maximum absolute atomic E-state index is 13.0. The molecule has 0 unspecified atom stereocenters. The van der Waals surface area contributed by atoms with Gasteiger partial charge >= 0.3 is 0 Å². The highest BCUT2D eigenvalue weighted by Crippen LogP contribution is 2.25. The van der Waals surface area contributed by atoms with Crippen molar-refractivity contribution >= 4 is 15.9 Å². The normalized spacial score (nSPS) is 14.7. The van der Waals surface area contributed by atoms with Gasteiger partial charge in [0, 0.05) is 42.9 Å². The van der Waals surface area contributed by atoms with Crippen LogP contribution in [0.4, 0.5) is 0 Å². The SMILES string of the molecule is Cc1cccc(-c2nnc(-c3ccc(C(=O)N4CCN(S(=O)(=O)c5ccccc5)CC4)cc3)o2)c1. The Bertz CT molecular complexity index is 1440. The minimum absolute atomic E-state index is 0.140. The van der Waals surface area contributed by atoms with Crippen molar-refractivity contribution in [1.29, 1.82) is 0 Å². The first-order chi connectivity index (χ1) is 16.9. The third-order valence-corrected chi connectivity index (χ3v) is 7.89. The molecule has 0 spiro atoms. The lowest BCUT2D eigenvalue weighted by Crippen LogP contribution is -2.50. The van der Waals surface area contributed by atoms with E-state index < -0.39 is 10.0 Å². The highest BCUT2D eigenvalue weighted by molar-refractivity contribution is 7.89. The Balaban J connectivity index is 1.24. The van der Waals surface area contributed by atoms with E-state index in [1.165, 1.54) is 4.31 Å². The second-order valence-electron chi connectivity index (χ2n) is 8.37. The summed E-state index contributed by atoms with van der Waals surface area (Å²) < 4.78 is 32.9. The molecule has 178 valence electrons. The van der Waals surface area contributed by atoms with Crippen molar-refractivity contribution in [2.24, 2.45) is 0 Å². The number of hydrogen-bond acceptors (Lipinski definition) is 6. The predicted molar refractivity (Wildman–Crippen MR) is 131 cm³/mol. The molecule has 3 aromatic carbocycles. The second kappa shape index (κ2) is 9.44. The van der Waals surface area contributed by atoms with Crippen LogP contribution in [-0.4, -0.2) is 59.9 Å². The van der Waals surface area contributed by atoms with E-state index in [1.807, 2.05) is 31.2 Å². The van der Waals surface area contributed by atoms with E-state index in [0.29, 0.717) is 36.0 Å². The lowest BCUT2D eigenvalue weighted by Gasteiger charge is -2.34. The summed E-state index contributed by atoms with van der Waals surface area (Å²) in [6.45, 7) is 3.17. The number of sulfonamides is 1. The van der Waals surface area contributed by atoms with Crippen LogP contribution in [0.3, 0.4) is 0 Å². The molecule has 35 heavy (non-hydrogen) atoms. The number of hydrogen-bond donors (Lipinski definition) is 0. The molecule has 0 atom stereocenters. The highest BCUT2D eigenvalue weighted by atomic mass is 32.2. The Morgan fingerprint density at radius 2 is 1.46 bits per heavy atom. The molecule has 1 aliphatic rings. The Labute approximate surface area is 203 Å². The first-order valence-corrected chi connectivity index (χ1v) is 12.7. The fourth-order valence-corrected chi connectivity index (χ4v) is 5.49. The monoisotopic (exact) mass is 488 g/mol. The van der Waals surface area contributed by atoms with Gasteiger partial charge in [0.05, 0.1) is 4.90 Å². The molecule has 8 nitrogen and oxygen atoms in total. The Hall–Kier alpha value is -3.82. The number of amides is 1. The van der Waals surface area contributed by atoms with Gasteiger partial charge < -0.3 is 9.32 Å². The van der Waals surface area contributed by atoms with Crippen molar-refractivity contribution < 1.29 is 17.6 Å². The van der Waals surface area contributed by atoms with Crippen molar-refractivity contribution in [3.05, 3.63) is 90.0 Å². The molecule has 1 amide bonds. The molecule has 0 aliphatic carbocycles. The van der Waals surface area contributed by atoms with Gasteiger partial charge in [-0.2, -0.15) is 4.31 Å². The number of piperazine rings is 1. The molecule has 5 rings (SSSR count). The molecule has 1 aromatic heterocycles. The first kappa shape index (κ1) is 22.9. The third kappa shape index (κ3) is 4.73. The van der Waals surface area contributed by atoms with E-state index >= 15 is 0 Å². The molecule has 2 heterocycles. The van der Waals surface area contributed by atoms with Gasteiger partial charge in [-0.25, -0.2) is 8.42 Å². The number of nitrogens with zero attached hydrogens (tertiary/aromatic N) is 4. The van der Waals surface area contributed by atoms with Crippen molar-refractivity contribution in [1.82, 2.24) is 19.4 Å². The third-order valence-electron chi connectivity index (χ3n) is 5.98.